The van der Waals surface area contributed by atoms with Crippen LogP contribution in [0.1, 0.15) is 50.8 Å². The summed E-state index contributed by atoms with van der Waals surface area (Å²) in [5, 5.41) is 10.7. The number of nitrogens with one attached hydrogen (secondary N) is 2. The van der Waals surface area contributed by atoms with E-state index in [0.717, 1.165) is 40.1 Å². The molecule has 1 aliphatic heterocycles. The van der Waals surface area contributed by atoms with Gasteiger partial charge in [0.25, 0.3) is 0 Å². The molecule has 9 heteroatoms. The molecule has 1 atom stereocenters. The zero-order valence-corrected chi connectivity index (χ0v) is 20.1. The third-order valence-corrected chi connectivity index (χ3v) is 5.93. The maximum Gasteiger partial charge on any atom is 0.434 e. The molecule has 0 spiro atoms. The molecule has 1 aromatic heterocycles. The largest absolute Gasteiger partial charge is 0.496 e. The van der Waals surface area contributed by atoms with Gasteiger partial charge in [0, 0.05) is 22.9 Å². The highest BCUT2D eigenvalue weighted by Crippen LogP contribution is 2.45. The van der Waals surface area contributed by atoms with E-state index in [0.29, 0.717) is 23.0 Å². The number of carbonyl (C=O) groups excluding carboxylic acids is 2. The van der Waals surface area contributed by atoms with Crippen molar-refractivity contribution in [1.29, 1.82) is 0 Å². The fraction of sp³-hybridized carbons (Fsp3) is 0.400. The summed E-state index contributed by atoms with van der Waals surface area (Å²) in [7, 11) is 2.95. The lowest BCUT2D eigenvalue weighted by molar-refractivity contribution is 0.0665. The van der Waals surface area contributed by atoms with Gasteiger partial charge in [-0.15, -0.1) is 0 Å². The first-order valence-corrected chi connectivity index (χ1v) is 11.3. The molecular weight excluding hydrogens is 436 g/mol. The molecule has 0 saturated carbocycles. The molecule has 2 heterocycles. The van der Waals surface area contributed by atoms with Crippen LogP contribution < -0.4 is 20.1 Å². The average Bonchev–Trinajstić information content (AvgIpc) is 3.24. The fourth-order valence-electron chi connectivity index (χ4n) is 4.46. The lowest BCUT2D eigenvalue weighted by Crippen LogP contribution is -2.42. The molecule has 34 heavy (non-hydrogen) atoms. The van der Waals surface area contributed by atoms with Crippen LogP contribution in [0.5, 0.6) is 11.5 Å². The Morgan fingerprint density at radius 1 is 1.24 bits per heavy atom. The number of fused-ring (bicyclic) bond motifs is 2. The summed E-state index contributed by atoms with van der Waals surface area (Å²) in [6.45, 7) is 6.14. The molecule has 0 saturated heterocycles. The summed E-state index contributed by atoms with van der Waals surface area (Å²) >= 11 is 0. The molecule has 3 aromatic rings. The summed E-state index contributed by atoms with van der Waals surface area (Å²) in [5.74, 6) is 1.57. The lowest BCUT2D eigenvalue weighted by atomic mass is 9.87. The van der Waals surface area contributed by atoms with Gasteiger partial charge in [-0.1, -0.05) is 19.4 Å². The zero-order chi connectivity index (χ0) is 24.5. The molecule has 1 unspecified atom stereocenters. The van der Waals surface area contributed by atoms with E-state index in [1.54, 1.807) is 25.3 Å². The maximum atomic E-state index is 13.1. The van der Waals surface area contributed by atoms with Crippen molar-refractivity contribution in [3.05, 3.63) is 47.7 Å². The quantitative estimate of drug-likeness (QED) is 0.546. The highest BCUT2D eigenvalue weighted by atomic mass is 16.5. The minimum atomic E-state index is -0.601. The summed E-state index contributed by atoms with van der Waals surface area (Å²) in [4.78, 5) is 25.0. The molecule has 0 fully saturated rings. The first kappa shape index (κ1) is 23.4. The monoisotopic (exact) mass is 466 g/mol. The number of aromatic nitrogens is 2. The van der Waals surface area contributed by atoms with Crippen molar-refractivity contribution in [2.75, 3.05) is 19.5 Å². The Kier molecular flexibility index (Phi) is 6.37. The number of hydrogen-bond acceptors (Lipinski definition) is 6. The van der Waals surface area contributed by atoms with Gasteiger partial charge in [-0.3, -0.25) is 0 Å². The first-order valence-electron chi connectivity index (χ1n) is 11.3. The molecule has 0 bridgehead atoms. The Bertz CT molecular complexity index is 1230. The van der Waals surface area contributed by atoms with Gasteiger partial charge < -0.3 is 24.8 Å². The molecule has 0 radical (unpaired) electrons. The van der Waals surface area contributed by atoms with Crippen molar-refractivity contribution < 1.29 is 23.8 Å². The van der Waals surface area contributed by atoms with E-state index in [1.165, 1.54) is 13.3 Å². The minimum Gasteiger partial charge on any atom is -0.496 e. The predicted molar refractivity (Wildman–Crippen MR) is 129 cm³/mol. The topological polar surface area (TPSA) is 104 Å². The van der Waals surface area contributed by atoms with E-state index >= 15 is 0 Å². The Hall–Kier alpha value is -3.75. The summed E-state index contributed by atoms with van der Waals surface area (Å²) in [6.07, 6.45) is 3.29. The number of rotatable bonds is 5. The Labute approximate surface area is 198 Å². The van der Waals surface area contributed by atoms with E-state index < -0.39 is 11.7 Å². The zero-order valence-electron chi connectivity index (χ0n) is 20.1. The van der Waals surface area contributed by atoms with Crippen LogP contribution in [-0.4, -0.2) is 41.7 Å². The number of ether oxygens (including phenoxy) is 3. The van der Waals surface area contributed by atoms with Crippen LogP contribution in [0.3, 0.4) is 0 Å². The molecule has 0 aliphatic carbocycles. The Morgan fingerprint density at radius 2 is 2.03 bits per heavy atom. The minimum absolute atomic E-state index is 0.253. The standard InChI is InChI=1S/C25H30N4O5/c1-6-8-16-21(32-4)12-11-15-19(13-25(2,3)34-22(15)16)28-23(30)27-18-9-7-10-20-17(18)14-26-29(20)24(31)33-5/h7,9-12,14,19H,6,8,13H2,1-5H3,(H2,27,28,30). The molecule has 4 rings (SSSR count). The van der Waals surface area contributed by atoms with Crippen LogP contribution in [-0.2, 0) is 11.2 Å². The second-order valence-electron chi connectivity index (χ2n) is 8.90. The van der Waals surface area contributed by atoms with Crippen molar-refractivity contribution in [3.63, 3.8) is 0 Å². The number of hydrogen-bond donors (Lipinski definition) is 2. The molecular formula is C25H30N4O5. The molecule has 2 amide bonds. The second-order valence-corrected chi connectivity index (χ2v) is 8.90. The van der Waals surface area contributed by atoms with Gasteiger partial charge in [-0.05, 0) is 44.5 Å². The number of methoxy groups -OCH3 is 2. The van der Waals surface area contributed by atoms with Gasteiger partial charge in [0.05, 0.1) is 37.7 Å². The van der Waals surface area contributed by atoms with Gasteiger partial charge in [0.2, 0.25) is 0 Å². The lowest BCUT2D eigenvalue weighted by Gasteiger charge is -2.39. The molecule has 2 N–H and O–H groups in total. The molecule has 1 aliphatic rings. The van der Waals surface area contributed by atoms with Gasteiger partial charge >= 0.3 is 12.1 Å². The highest BCUT2D eigenvalue weighted by molar-refractivity contribution is 6.02. The van der Waals surface area contributed by atoms with Crippen LogP contribution in [0.2, 0.25) is 0 Å². The average molecular weight is 467 g/mol. The van der Waals surface area contributed by atoms with Crippen molar-refractivity contribution in [2.45, 2.75) is 51.7 Å². The summed E-state index contributed by atoms with van der Waals surface area (Å²) in [5.41, 5.74) is 2.55. The molecule has 2 aromatic carbocycles. The predicted octanol–water partition coefficient (Wildman–Crippen LogP) is 5.04. The normalized spacial score (nSPS) is 16.3. The third kappa shape index (κ3) is 4.37. The van der Waals surface area contributed by atoms with E-state index in [-0.39, 0.29) is 12.1 Å². The number of carbonyl (C=O) groups is 2. The number of amides is 2. The number of nitrogens with zero attached hydrogens (tertiary/aromatic N) is 2. The van der Waals surface area contributed by atoms with Gasteiger partial charge in [-0.25, -0.2) is 9.59 Å². The second kappa shape index (κ2) is 9.24. The summed E-state index contributed by atoms with van der Waals surface area (Å²) < 4.78 is 17.8. The Balaban J connectivity index is 1.62. The van der Waals surface area contributed by atoms with E-state index in [9.17, 15) is 9.59 Å². The van der Waals surface area contributed by atoms with Crippen LogP contribution in [0.4, 0.5) is 15.3 Å². The summed E-state index contributed by atoms with van der Waals surface area (Å²) in [6, 6.07) is 8.51. The van der Waals surface area contributed by atoms with E-state index in [4.69, 9.17) is 14.2 Å². The Morgan fingerprint density at radius 3 is 2.74 bits per heavy atom. The van der Waals surface area contributed by atoms with Crippen molar-refractivity contribution >= 4 is 28.7 Å². The van der Waals surface area contributed by atoms with E-state index in [2.05, 4.69) is 22.7 Å². The van der Waals surface area contributed by atoms with Gasteiger partial charge in [0.1, 0.15) is 17.1 Å². The SMILES string of the molecule is CCCc1c(OC)ccc2c1OC(C)(C)CC2NC(=O)Nc1cccc2c1cnn2C(=O)OC. The maximum absolute atomic E-state index is 13.1. The fourth-order valence-corrected chi connectivity index (χ4v) is 4.46. The number of anilines is 1. The highest BCUT2D eigenvalue weighted by Gasteiger charge is 2.36. The van der Waals surface area contributed by atoms with Gasteiger partial charge in [0.15, 0.2) is 0 Å². The van der Waals surface area contributed by atoms with Crippen molar-refractivity contribution in [1.82, 2.24) is 15.1 Å². The number of benzene rings is 2. The molecule has 9 nitrogen and oxygen atoms in total. The molecule has 180 valence electrons. The first-order chi connectivity index (χ1) is 16.3. The smallest absolute Gasteiger partial charge is 0.434 e. The van der Waals surface area contributed by atoms with E-state index in [1.807, 2.05) is 26.0 Å². The van der Waals surface area contributed by atoms with Gasteiger partial charge in [-0.2, -0.15) is 9.78 Å². The third-order valence-electron chi connectivity index (χ3n) is 5.93. The van der Waals surface area contributed by atoms with Crippen LogP contribution in [0, 0.1) is 0 Å². The van der Waals surface area contributed by atoms with Crippen LogP contribution >= 0.6 is 0 Å². The van der Waals surface area contributed by atoms with Crippen LogP contribution in [0.25, 0.3) is 10.9 Å². The van der Waals surface area contributed by atoms with Crippen molar-refractivity contribution in [2.24, 2.45) is 0 Å². The van der Waals surface area contributed by atoms with Crippen molar-refractivity contribution in [3.8, 4) is 11.5 Å². The number of urea groups is 1. The van der Waals surface area contributed by atoms with Crippen LogP contribution in [0.15, 0.2) is 36.5 Å².